The molecule has 130 valence electrons. The molecule has 5 N–H and O–H groups in total. The summed E-state index contributed by atoms with van der Waals surface area (Å²) in [5.41, 5.74) is 5.28. The van der Waals surface area contributed by atoms with Gasteiger partial charge in [-0.3, -0.25) is 9.59 Å². The third-order valence-electron chi connectivity index (χ3n) is 3.56. The van der Waals surface area contributed by atoms with E-state index in [2.05, 4.69) is 5.32 Å². The first kappa shape index (κ1) is 18.3. The van der Waals surface area contributed by atoms with Crippen LogP contribution in [-0.4, -0.2) is 46.9 Å². The number of benzene rings is 1. The summed E-state index contributed by atoms with van der Waals surface area (Å²) in [6, 6.07) is 6.50. The topological polar surface area (TPSA) is 122 Å². The molecule has 24 heavy (non-hydrogen) atoms. The van der Waals surface area contributed by atoms with Crippen molar-refractivity contribution in [1.29, 1.82) is 0 Å². The number of amides is 2. The molecule has 3 unspecified atom stereocenters. The lowest BCUT2D eigenvalue weighted by Crippen LogP contribution is -2.45. The molecule has 3 atom stereocenters. The van der Waals surface area contributed by atoms with Crippen LogP contribution in [0.1, 0.15) is 12.8 Å². The van der Waals surface area contributed by atoms with Crippen LogP contribution < -0.4 is 15.8 Å². The van der Waals surface area contributed by atoms with Gasteiger partial charge in [0.25, 0.3) is 0 Å². The lowest BCUT2D eigenvalue weighted by Gasteiger charge is -2.30. The highest BCUT2D eigenvalue weighted by molar-refractivity contribution is 6.30. The van der Waals surface area contributed by atoms with E-state index in [1.54, 1.807) is 24.3 Å². The Morgan fingerprint density at radius 3 is 2.58 bits per heavy atom. The summed E-state index contributed by atoms with van der Waals surface area (Å²) in [5, 5.41) is 23.1. The predicted octanol–water partition coefficient (Wildman–Crippen LogP) is 0.131. The van der Waals surface area contributed by atoms with Crippen molar-refractivity contribution >= 4 is 23.4 Å². The molecule has 0 aliphatic heterocycles. The Balaban J connectivity index is 2.06. The smallest absolute Gasteiger partial charge is 0.247 e. The number of carbonyl (C=O) groups excluding carboxylic acids is 2. The molecule has 0 spiro atoms. The number of ether oxygens (including phenoxy) is 1. The first-order chi connectivity index (χ1) is 11.4. The largest absolute Gasteiger partial charge is 0.484 e. The van der Waals surface area contributed by atoms with Crippen LogP contribution in [0.2, 0.25) is 5.02 Å². The molecule has 0 radical (unpaired) electrons. The lowest BCUT2D eigenvalue weighted by atomic mass is 9.91. The van der Waals surface area contributed by atoms with E-state index >= 15 is 0 Å². The van der Waals surface area contributed by atoms with Gasteiger partial charge in [0.2, 0.25) is 11.8 Å². The minimum atomic E-state index is -1.16. The van der Waals surface area contributed by atoms with E-state index < -0.39 is 30.1 Å². The maximum atomic E-state index is 12.1. The van der Waals surface area contributed by atoms with Crippen LogP contribution in [0.5, 0.6) is 5.75 Å². The normalized spacial score (nSPS) is 23.3. The van der Waals surface area contributed by atoms with Gasteiger partial charge >= 0.3 is 0 Å². The zero-order chi connectivity index (χ0) is 17.7. The predicted molar refractivity (Wildman–Crippen MR) is 87.4 cm³/mol. The van der Waals surface area contributed by atoms with Crippen molar-refractivity contribution in [1.82, 2.24) is 5.32 Å². The minimum absolute atomic E-state index is 0.00987. The zero-order valence-electron chi connectivity index (χ0n) is 12.8. The minimum Gasteiger partial charge on any atom is -0.484 e. The van der Waals surface area contributed by atoms with E-state index in [1.807, 2.05) is 0 Å². The number of nitrogens with one attached hydrogen (secondary N) is 1. The van der Waals surface area contributed by atoms with Gasteiger partial charge in [0.1, 0.15) is 18.0 Å². The first-order valence-electron chi connectivity index (χ1n) is 7.42. The molecule has 0 bridgehead atoms. The van der Waals surface area contributed by atoms with Crippen molar-refractivity contribution in [3.8, 4) is 5.75 Å². The van der Waals surface area contributed by atoms with Gasteiger partial charge in [0.15, 0.2) is 0 Å². The molecule has 7 nitrogen and oxygen atoms in total. The van der Waals surface area contributed by atoms with Crippen molar-refractivity contribution in [3.05, 3.63) is 40.9 Å². The van der Waals surface area contributed by atoms with Gasteiger partial charge in [-0.1, -0.05) is 11.6 Å². The van der Waals surface area contributed by atoms with Gasteiger partial charge < -0.3 is 26.0 Å². The van der Waals surface area contributed by atoms with E-state index in [0.717, 1.165) is 0 Å². The maximum absolute atomic E-state index is 12.1. The van der Waals surface area contributed by atoms with Crippen LogP contribution in [0.15, 0.2) is 35.9 Å². The fraction of sp³-hybridized carbons (Fsp3) is 0.375. The van der Waals surface area contributed by atoms with Crippen molar-refractivity contribution < 1.29 is 24.5 Å². The Kier molecular flexibility index (Phi) is 6.19. The number of primary amides is 1. The Hall–Kier alpha value is -2.09. The van der Waals surface area contributed by atoms with Crippen LogP contribution in [0.3, 0.4) is 0 Å². The summed E-state index contributed by atoms with van der Waals surface area (Å²) in [4.78, 5) is 22.8. The molecule has 0 aromatic heterocycles. The van der Waals surface area contributed by atoms with Crippen LogP contribution in [0.4, 0.5) is 0 Å². The van der Waals surface area contributed by atoms with Gasteiger partial charge in [-0.2, -0.15) is 0 Å². The molecule has 0 saturated carbocycles. The van der Waals surface area contributed by atoms with Gasteiger partial charge in [0, 0.05) is 30.0 Å². The van der Waals surface area contributed by atoms with Crippen molar-refractivity contribution in [2.24, 2.45) is 5.73 Å². The summed E-state index contributed by atoms with van der Waals surface area (Å²) < 4.78 is 5.62. The van der Waals surface area contributed by atoms with Crippen LogP contribution in [0.25, 0.3) is 0 Å². The molecule has 0 saturated heterocycles. The molecule has 2 rings (SSSR count). The first-order valence-corrected chi connectivity index (χ1v) is 7.80. The molecule has 1 aromatic carbocycles. The molecule has 1 aliphatic rings. The number of aliphatic hydroxyl groups excluding tert-OH is 2. The van der Waals surface area contributed by atoms with E-state index in [0.29, 0.717) is 10.8 Å². The highest BCUT2D eigenvalue weighted by Crippen LogP contribution is 2.25. The summed E-state index contributed by atoms with van der Waals surface area (Å²) in [6.45, 7) is 0.104. The zero-order valence-corrected chi connectivity index (χ0v) is 13.6. The average molecular weight is 355 g/mol. The van der Waals surface area contributed by atoms with Gasteiger partial charge in [-0.25, -0.2) is 0 Å². The number of rotatable bonds is 6. The Morgan fingerprint density at radius 1 is 1.29 bits per heavy atom. The second-order valence-electron chi connectivity index (χ2n) is 5.46. The Morgan fingerprint density at radius 2 is 1.96 bits per heavy atom. The summed E-state index contributed by atoms with van der Waals surface area (Å²) in [5.74, 6) is -0.512. The molecule has 0 heterocycles. The standard InChI is InChI=1S/C16H19ClN2O5/c17-10-1-3-11(4-2-10)24-13-8-9(7-12(20)15(13)22)16(23)19-6-5-14(18)21/h1-4,8,12-13,15,20,22H,5-7H2,(H2,18,21)(H,19,23). The second kappa shape index (κ2) is 8.14. The highest BCUT2D eigenvalue weighted by atomic mass is 35.5. The van der Waals surface area contributed by atoms with E-state index in [4.69, 9.17) is 22.1 Å². The Labute approximate surface area is 144 Å². The number of hydrogen-bond donors (Lipinski definition) is 4. The summed E-state index contributed by atoms with van der Waals surface area (Å²) in [6.07, 6.45) is -1.70. The number of hydrogen-bond acceptors (Lipinski definition) is 5. The maximum Gasteiger partial charge on any atom is 0.247 e. The number of carbonyl (C=O) groups is 2. The van der Waals surface area contributed by atoms with Crippen LogP contribution in [0, 0.1) is 0 Å². The van der Waals surface area contributed by atoms with E-state index in [1.165, 1.54) is 6.08 Å². The molecular weight excluding hydrogens is 336 g/mol. The average Bonchev–Trinajstić information content (AvgIpc) is 2.53. The number of halogens is 1. The third-order valence-corrected chi connectivity index (χ3v) is 3.81. The molecule has 1 aromatic rings. The molecule has 1 aliphatic carbocycles. The van der Waals surface area contributed by atoms with E-state index in [-0.39, 0.29) is 25.0 Å². The highest BCUT2D eigenvalue weighted by Gasteiger charge is 2.34. The van der Waals surface area contributed by atoms with Crippen molar-refractivity contribution in [3.63, 3.8) is 0 Å². The fourth-order valence-corrected chi connectivity index (χ4v) is 2.41. The molecule has 2 amide bonds. The number of aliphatic hydroxyl groups is 2. The Bertz CT molecular complexity index is 632. The lowest BCUT2D eigenvalue weighted by molar-refractivity contribution is -0.119. The van der Waals surface area contributed by atoms with Crippen LogP contribution >= 0.6 is 11.6 Å². The summed E-state index contributed by atoms with van der Waals surface area (Å²) >= 11 is 5.80. The van der Waals surface area contributed by atoms with Crippen LogP contribution in [-0.2, 0) is 9.59 Å². The quantitative estimate of drug-likeness (QED) is 0.578. The van der Waals surface area contributed by atoms with E-state index in [9.17, 15) is 19.8 Å². The summed E-state index contributed by atoms with van der Waals surface area (Å²) in [7, 11) is 0. The monoisotopic (exact) mass is 354 g/mol. The molecular formula is C16H19ClN2O5. The van der Waals surface area contributed by atoms with Gasteiger partial charge in [-0.15, -0.1) is 0 Å². The third kappa shape index (κ3) is 4.95. The SMILES string of the molecule is NC(=O)CCNC(=O)C1=CC(Oc2ccc(Cl)cc2)C(O)C(O)C1. The fourth-order valence-electron chi connectivity index (χ4n) is 2.29. The number of nitrogens with two attached hydrogens (primary N) is 1. The van der Waals surface area contributed by atoms with Gasteiger partial charge in [0.05, 0.1) is 6.10 Å². The molecule has 0 fully saturated rings. The van der Waals surface area contributed by atoms with Crippen molar-refractivity contribution in [2.45, 2.75) is 31.2 Å². The van der Waals surface area contributed by atoms with Gasteiger partial charge in [-0.05, 0) is 30.3 Å². The second-order valence-corrected chi connectivity index (χ2v) is 5.90. The van der Waals surface area contributed by atoms with Crippen molar-refractivity contribution in [2.75, 3.05) is 6.54 Å². The molecule has 8 heteroatoms.